The van der Waals surface area contributed by atoms with Gasteiger partial charge >= 0.3 is 0 Å². The highest BCUT2D eigenvalue weighted by atomic mass is 16.2. The first-order chi connectivity index (χ1) is 10.9. The van der Waals surface area contributed by atoms with Crippen LogP contribution < -0.4 is 0 Å². The molecule has 0 aromatic heterocycles. The van der Waals surface area contributed by atoms with E-state index in [-0.39, 0.29) is 17.7 Å². The predicted molar refractivity (Wildman–Crippen MR) is 92.1 cm³/mol. The first-order valence-corrected chi connectivity index (χ1v) is 9.22. The van der Waals surface area contributed by atoms with E-state index in [0.717, 1.165) is 45.4 Å². The van der Waals surface area contributed by atoms with E-state index in [1.165, 1.54) is 6.42 Å². The molecule has 2 fully saturated rings. The van der Waals surface area contributed by atoms with Crippen molar-refractivity contribution in [2.45, 2.75) is 65.5 Å². The number of carbonyl (C=O) groups excluding carboxylic acids is 2. The number of carbonyl (C=O) groups is 2. The molecule has 0 aromatic rings. The highest BCUT2D eigenvalue weighted by Crippen LogP contribution is 2.22. The molecule has 0 bridgehead atoms. The van der Waals surface area contributed by atoms with Crippen LogP contribution >= 0.6 is 0 Å². The monoisotopic (exact) mass is 323 g/mol. The van der Waals surface area contributed by atoms with E-state index in [4.69, 9.17) is 0 Å². The number of likely N-dealkylation sites (tertiary alicyclic amines) is 1. The van der Waals surface area contributed by atoms with Crippen LogP contribution in [0.3, 0.4) is 0 Å². The van der Waals surface area contributed by atoms with E-state index >= 15 is 0 Å². The zero-order valence-electron chi connectivity index (χ0n) is 15.3. The number of piperidine rings is 1. The van der Waals surface area contributed by atoms with Crippen LogP contribution in [-0.4, -0.2) is 71.3 Å². The summed E-state index contributed by atoms with van der Waals surface area (Å²) in [4.78, 5) is 31.1. The summed E-state index contributed by atoms with van der Waals surface area (Å²) in [6, 6.07) is 0.717. The molecule has 2 atom stereocenters. The van der Waals surface area contributed by atoms with Crippen LogP contribution in [0.5, 0.6) is 0 Å². The van der Waals surface area contributed by atoms with Crippen molar-refractivity contribution in [2.24, 2.45) is 5.92 Å². The van der Waals surface area contributed by atoms with Crippen LogP contribution in [0, 0.1) is 5.92 Å². The van der Waals surface area contributed by atoms with Gasteiger partial charge in [-0.3, -0.25) is 14.5 Å². The summed E-state index contributed by atoms with van der Waals surface area (Å²) in [6.07, 6.45) is 4.42. The Morgan fingerprint density at radius 2 is 1.61 bits per heavy atom. The van der Waals surface area contributed by atoms with Crippen LogP contribution in [0.25, 0.3) is 0 Å². The molecule has 2 aliphatic rings. The van der Waals surface area contributed by atoms with Gasteiger partial charge in [0.15, 0.2) is 0 Å². The molecule has 2 saturated heterocycles. The molecule has 5 nitrogen and oxygen atoms in total. The molecule has 2 amide bonds. The number of amides is 2. The van der Waals surface area contributed by atoms with Crippen molar-refractivity contribution >= 4 is 11.8 Å². The minimum absolute atomic E-state index is 0.0539. The Kier molecular flexibility index (Phi) is 6.45. The minimum atomic E-state index is 0.0539. The van der Waals surface area contributed by atoms with Crippen molar-refractivity contribution in [3.63, 3.8) is 0 Å². The fourth-order valence-electron chi connectivity index (χ4n) is 3.90. The van der Waals surface area contributed by atoms with Gasteiger partial charge < -0.3 is 9.80 Å². The van der Waals surface area contributed by atoms with Gasteiger partial charge in [0.1, 0.15) is 0 Å². The third-order valence-electron chi connectivity index (χ3n) is 5.23. The van der Waals surface area contributed by atoms with Gasteiger partial charge in [-0.1, -0.05) is 13.8 Å². The predicted octanol–water partition coefficient (Wildman–Crippen LogP) is 1.97. The third kappa shape index (κ3) is 4.69. The zero-order chi connectivity index (χ0) is 17.0. The molecule has 23 heavy (non-hydrogen) atoms. The minimum Gasteiger partial charge on any atom is -0.341 e. The average molecular weight is 323 g/mol. The Bertz CT molecular complexity index is 414. The Balaban J connectivity index is 1.88. The lowest BCUT2D eigenvalue weighted by molar-refractivity contribution is -0.138. The molecule has 0 spiro atoms. The normalized spacial score (nSPS) is 27.2. The van der Waals surface area contributed by atoms with Crippen LogP contribution in [0.4, 0.5) is 0 Å². The second kappa shape index (κ2) is 8.13. The second-order valence-electron chi connectivity index (χ2n) is 7.54. The molecule has 5 heteroatoms. The van der Waals surface area contributed by atoms with E-state index in [2.05, 4.69) is 23.6 Å². The van der Waals surface area contributed by atoms with Crippen LogP contribution in [0.2, 0.25) is 0 Å². The summed E-state index contributed by atoms with van der Waals surface area (Å²) >= 11 is 0. The highest BCUT2D eigenvalue weighted by molar-refractivity contribution is 5.79. The maximum absolute atomic E-state index is 12.7. The first-order valence-electron chi connectivity index (χ1n) is 9.22. The summed E-state index contributed by atoms with van der Waals surface area (Å²) in [6.45, 7) is 12.0. The van der Waals surface area contributed by atoms with E-state index in [9.17, 15) is 9.59 Å². The van der Waals surface area contributed by atoms with Gasteiger partial charge in [0.2, 0.25) is 11.8 Å². The number of nitrogens with zero attached hydrogens (tertiary/aromatic N) is 3. The summed E-state index contributed by atoms with van der Waals surface area (Å²) in [5.74, 6) is 0.544. The average Bonchev–Trinajstić information content (AvgIpc) is 2.71. The maximum atomic E-state index is 12.7. The molecule has 132 valence electrons. The standard InChI is InChI=1S/C18H33N3O2/c1-14(2)18(23)20-10-6-9-19(11-12-20)13-17(22)21-15(3)7-5-8-16(21)4/h14-16H,5-13H2,1-4H3/t15-,16+. The van der Waals surface area contributed by atoms with E-state index in [0.29, 0.717) is 18.6 Å². The molecule has 2 rings (SSSR count). The number of hydrogen-bond acceptors (Lipinski definition) is 3. The van der Waals surface area contributed by atoms with Gasteiger partial charge in [0.25, 0.3) is 0 Å². The Morgan fingerprint density at radius 3 is 2.22 bits per heavy atom. The van der Waals surface area contributed by atoms with Crippen molar-refractivity contribution < 1.29 is 9.59 Å². The topological polar surface area (TPSA) is 43.9 Å². The largest absolute Gasteiger partial charge is 0.341 e. The number of hydrogen-bond donors (Lipinski definition) is 0. The zero-order valence-corrected chi connectivity index (χ0v) is 15.3. The van der Waals surface area contributed by atoms with Crippen molar-refractivity contribution in [1.82, 2.24) is 14.7 Å². The molecule has 2 heterocycles. The van der Waals surface area contributed by atoms with E-state index < -0.39 is 0 Å². The van der Waals surface area contributed by atoms with Gasteiger partial charge in [0.05, 0.1) is 6.54 Å². The maximum Gasteiger partial charge on any atom is 0.237 e. The number of rotatable bonds is 3. The lowest BCUT2D eigenvalue weighted by Crippen LogP contribution is -2.51. The molecule has 0 aliphatic carbocycles. The molecular formula is C18H33N3O2. The molecule has 2 aliphatic heterocycles. The third-order valence-corrected chi connectivity index (χ3v) is 5.23. The smallest absolute Gasteiger partial charge is 0.237 e. The molecule has 0 aromatic carbocycles. The van der Waals surface area contributed by atoms with Crippen molar-refractivity contribution in [3.8, 4) is 0 Å². The second-order valence-corrected chi connectivity index (χ2v) is 7.54. The van der Waals surface area contributed by atoms with E-state index in [1.807, 2.05) is 18.7 Å². The molecule has 0 N–H and O–H groups in total. The lowest BCUT2D eigenvalue weighted by atomic mass is 9.97. The summed E-state index contributed by atoms with van der Waals surface area (Å²) in [5, 5.41) is 0. The molecule has 0 unspecified atom stereocenters. The van der Waals surface area contributed by atoms with Gasteiger partial charge in [-0.15, -0.1) is 0 Å². The van der Waals surface area contributed by atoms with Gasteiger partial charge in [-0.05, 0) is 39.5 Å². The van der Waals surface area contributed by atoms with Crippen LogP contribution in [0.15, 0.2) is 0 Å². The van der Waals surface area contributed by atoms with Crippen LogP contribution in [0.1, 0.15) is 53.4 Å². The Labute approximate surface area is 141 Å². The van der Waals surface area contributed by atoms with Gasteiger partial charge in [-0.2, -0.15) is 0 Å². The fourth-order valence-corrected chi connectivity index (χ4v) is 3.90. The summed E-state index contributed by atoms with van der Waals surface area (Å²) < 4.78 is 0. The van der Waals surface area contributed by atoms with Gasteiger partial charge in [-0.25, -0.2) is 0 Å². The van der Waals surface area contributed by atoms with E-state index in [1.54, 1.807) is 0 Å². The van der Waals surface area contributed by atoms with Crippen molar-refractivity contribution in [2.75, 3.05) is 32.7 Å². The molecular weight excluding hydrogens is 290 g/mol. The quantitative estimate of drug-likeness (QED) is 0.797. The highest BCUT2D eigenvalue weighted by Gasteiger charge is 2.30. The Morgan fingerprint density at radius 1 is 0.957 bits per heavy atom. The van der Waals surface area contributed by atoms with Crippen molar-refractivity contribution in [3.05, 3.63) is 0 Å². The lowest BCUT2D eigenvalue weighted by Gasteiger charge is -2.40. The molecule has 0 saturated carbocycles. The summed E-state index contributed by atoms with van der Waals surface area (Å²) in [5.41, 5.74) is 0. The van der Waals surface area contributed by atoms with Crippen molar-refractivity contribution in [1.29, 1.82) is 0 Å². The fraction of sp³-hybridized carbons (Fsp3) is 0.889. The van der Waals surface area contributed by atoms with Gasteiger partial charge in [0, 0.05) is 44.2 Å². The summed E-state index contributed by atoms with van der Waals surface area (Å²) in [7, 11) is 0. The van der Waals surface area contributed by atoms with Crippen LogP contribution in [-0.2, 0) is 9.59 Å². The first kappa shape index (κ1) is 18.2. The molecule has 0 radical (unpaired) electrons. The SMILES string of the molecule is CC(C)C(=O)N1CCCN(CC(=O)N2[C@H](C)CCC[C@@H]2C)CC1. The Hall–Kier alpha value is -1.10.